The Morgan fingerprint density at radius 3 is 2.79 bits per heavy atom. The molecule has 3 rings (SSSR count). The molecule has 0 bridgehead atoms. The summed E-state index contributed by atoms with van der Waals surface area (Å²) in [5.74, 6) is 0. The van der Waals surface area contributed by atoms with E-state index in [0.717, 1.165) is 22.4 Å². The summed E-state index contributed by atoms with van der Waals surface area (Å²) in [4.78, 5) is 4.24. The molecule has 0 spiro atoms. The molecule has 0 radical (unpaired) electrons. The fourth-order valence-corrected chi connectivity index (χ4v) is 2.52. The van der Waals surface area contributed by atoms with Crippen molar-refractivity contribution in [3.8, 4) is 0 Å². The van der Waals surface area contributed by atoms with Crippen molar-refractivity contribution in [3.05, 3.63) is 46.4 Å². The van der Waals surface area contributed by atoms with Crippen LogP contribution in [0.5, 0.6) is 0 Å². The molecular weight excluding hydrogens is 289 g/mol. The number of fused-ring (bicyclic) bond motifs is 1. The molecule has 3 aromatic rings. The minimum Gasteiger partial charge on any atom is -0.465 e. The zero-order chi connectivity index (χ0) is 12.5. The number of benzene rings is 1. The second-order valence-electron chi connectivity index (χ2n) is 4.00. The summed E-state index contributed by atoms with van der Waals surface area (Å²) < 4.78 is 5.31. The van der Waals surface area contributed by atoms with Gasteiger partial charge in [-0.25, -0.2) is 4.98 Å². The van der Waals surface area contributed by atoms with Crippen LogP contribution in [-0.2, 0) is 6.42 Å². The molecule has 7 heteroatoms. The number of aromatic nitrogens is 1. The molecule has 4 nitrogen and oxygen atoms in total. The molecule has 1 aromatic carbocycles. The quantitative estimate of drug-likeness (QED) is 0.712. The molecule has 98 valence electrons. The van der Waals surface area contributed by atoms with Gasteiger partial charge in [0.25, 0.3) is 0 Å². The fraction of sp³-hybridized carbons (Fsp3) is 0.0833. The average molecular weight is 299 g/mol. The van der Waals surface area contributed by atoms with Gasteiger partial charge in [0.05, 0.1) is 5.01 Å². The summed E-state index contributed by atoms with van der Waals surface area (Å²) in [5, 5.41) is 22.0. The Labute approximate surface area is 144 Å². The van der Waals surface area contributed by atoms with Crippen molar-refractivity contribution in [1.82, 2.24) is 4.98 Å². The van der Waals surface area contributed by atoms with Crippen LogP contribution in [-0.4, -0.2) is 22.2 Å². The minimum atomic E-state index is -1.57. The Balaban J connectivity index is 0.00000133. The summed E-state index contributed by atoms with van der Waals surface area (Å²) >= 11 is 1.62. The second kappa shape index (κ2) is 6.39. The first kappa shape index (κ1) is 15.0. The predicted octanol–water partition coefficient (Wildman–Crippen LogP) is 1.16. The van der Waals surface area contributed by atoms with Crippen LogP contribution in [0.1, 0.15) is 10.6 Å². The van der Waals surface area contributed by atoms with Crippen LogP contribution in [0.25, 0.3) is 11.0 Å². The number of furan rings is 1. The van der Waals surface area contributed by atoms with Crippen molar-refractivity contribution in [2.45, 2.75) is 6.42 Å². The molecule has 0 unspecified atom stereocenters. The van der Waals surface area contributed by atoms with Crippen molar-refractivity contribution >= 4 is 35.1 Å². The number of hydrogen-bond acceptors (Lipinski definition) is 5. The minimum absolute atomic E-state index is 0. The third kappa shape index (κ3) is 3.39. The van der Waals surface area contributed by atoms with E-state index in [2.05, 4.69) is 4.98 Å². The van der Waals surface area contributed by atoms with Crippen LogP contribution < -0.4 is 5.66 Å². The van der Waals surface area contributed by atoms with Crippen LogP contribution >= 0.6 is 11.3 Å². The maximum atomic E-state index is 9.05. The summed E-state index contributed by atoms with van der Waals surface area (Å²) in [7, 11) is -1.57. The molecule has 0 saturated carbocycles. The van der Waals surface area contributed by atoms with Gasteiger partial charge in [0.2, 0.25) is 0 Å². The molecule has 2 heterocycles. The SMILES string of the molecule is OB(O)c1cc2cc(Cc3nccs3)ccc2o1.[Ar]. The monoisotopic (exact) mass is 299 g/mol. The van der Waals surface area contributed by atoms with Gasteiger partial charge in [-0.15, -0.1) is 11.3 Å². The van der Waals surface area contributed by atoms with Gasteiger partial charge < -0.3 is 14.5 Å². The Bertz CT molecular complexity index is 669. The van der Waals surface area contributed by atoms with Gasteiger partial charge in [-0.3, -0.25) is 0 Å². The van der Waals surface area contributed by atoms with Crippen molar-refractivity contribution < 1.29 is 52.2 Å². The molecule has 2 aromatic heterocycles. The fourth-order valence-electron chi connectivity index (χ4n) is 1.87. The van der Waals surface area contributed by atoms with Gasteiger partial charge in [-0.1, -0.05) is 6.07 Å². The molecular formula is C12H10ArBNO3S. The predicted molar refractivity (Wildman–Crippen MR) is 71.0 cm³/mol. The third-order valence-electron chi connectivity index (χ3n) is 2.69. The third-order valence-corrected chi connectivity index (χ3v) is 3.47. The van der Waals surface area contributed by atoms with Gasteiger partial charge in [-0.2, -0.15) is 0 Å². The van der Waals surface area contributed by atoms with E-state index in [4.69, 9.17) is 14.5 Å². The average Bonchev–Trinajstić information content (AvgIpc) is 2.96. The first-order valence-electron chi connectivity index (χ1n) is 5.49. The van der Waals surface area contributed by atoms with Crippen LogP contribution in [0.2, 0.25) is 0 Å². The van der Waals surface area contributed by atoms with Gasteiger partial charge >= 0.3 is 7.12 Å². The van der Waals surface area contributed by atoms with Crippen LogP contribution in [0.15, 0.2) is 40.3 Å². The summed E-state index contributed by atoms with van der Waals surface area (Å²) in [6.07, 6.45) is 2.56. The summed E-state index contributed by atoms with van der Waals surface area (Å²) in [5.41, 5.74) is 1.94. The standard InChI is InChI=1S/C12H10BNO3S.Ar/c15-13(16)11-7-9-5-8(1-2-10(9)17-11)6-12-14-3-4-18-12;/h1-5,7,15-16H,6H2;. The van der Waals surface area contributed by atoms with Gasteiger partial charge in [-0.05, 0) is 23.8 Å². The summed E-state index contributed by atoms with van der Waals surface area (Å²) in [6, 6.07) is 7.42. The molecule has 0 aliphatic rings. The van der Waals surface area contributed by atoms with E-state index < -0.39 is 7.12 Å². The van der Waals surface area contributed by atoms with Crippen LogP contribution in [0, 0.1) is 37.7 Å². The zero-order valence-electron chi connectivity index (χ0n) is 9.76. The summed E-state index contributed by atoms with van der Waals surface area (Å²) in [6.45, 7) is 0. The molecule has 0 aliphatic carbocycles. The zero-order valence-corrected chi connectivity index (χ0v) is 11.3. The first-order chi connectivity index (χ1) is 8.72. The van der Waals surface area contributed by atoms with Crippen LogP contribution in [0.4, 0.5) is 0 Å². The van der Waals surface area contributed by atoms with Crippen molar-refractivity contribution in [2.75, 3.05) is 0 Å². The maximum absolute atomic E-state index is 9.05. The molecule has 2 N–H and O–H groups in total. The van der Waals surface area contributed by atoms with Gasteiger partial charge in [0, 0.05) is 61.1 Å². The first-order valence-corrected chi connectivity index (χ1v) is 6.37. The maximum Gasteiger partial charge on any atom is 0.526 e. The molecule has 0 aliphatic heterocycles. The van der Waals surface area contributed by atoms with E-state index in [1.807, 2.05) is 23.6 Å². The number of rotatable bonds is 3. The van der Waals surface area contributed by atoms with E-state index in [1.54, 1.807) is 23.6 Å². The van der Waals surface area contributed by atoms with Crippen molar-refractivity contribution in [2.24, 2.45) is 0 Å². The number of thiazole rings is 1. The smallest absolute Gasteiger partial charge is 0.465 e. The molecule has 0 saturated heterocycles. The molecule has 0 atom stereocenters. The van der Waals surface area contributed by atoms with E-state index in [-0.39, 0.29) is 43.4 Å². The Morgan fingerprint density at radius 2 is 2.11 bits per heavy atom. The van der Waals surface area contributed by atoms with E-state index in [0.29, 0.717) is 5.58 Å². The number of nitrogens with zero attached hydrogens (tertiary/aromatic N) is 1. The number of hydrogen-bond donors (Lipinski definition) is 2. The largest absolute Gasteiger partial charge is 0.526 e. The van der Waals surface area contributed by atoms with Gasteiger partial charge in [0.15, 0.2) is 0 Å². The Kier molecular flexibility index (Phi) is 5.06. The van der Waals surface area contributed by atoms with E-state index >= 15 is 0 Å². The molecule has 0 fully saturated rings. The van der Waals surface area contributed by atoms with E-state index in [1.165, 1.54) is 0 Å². The van der Waals surface area contributed by atoms with Crippen molar-refractivity contribution in [1.29, 1.82) is 0 Å². The topological polar surface area (TPSA) is 66.5 Å². The van der Waals surface area contributed by atoms with E-state index in [9.17, 15) is 0 Å². The molecule has 0 amide bonds. The second-order valence-corrected chi connectivity index (χ2v) is 4.98. The Hall–Kier alpha value is -0.365. The van der Waals surface area contributed by atoms with Crippen LogP contribution in [0.3, 0.4) is 0 Å². The van der Waals surface area contributed by atoms with Gasteiger partial charge in [0.1, 0.15) is 11.2 Å². The normalized spacial score (nSPS) is 10.4. The van der Waals surface area contributed by atoms with Crippen molar-refractivity contribution in [3.63, 3.8) is 0 Å². The Morgan fingerprint density at radius 1 is 1.26 bits per heavy atom. The molecule has 19 heavy (non-hydrogen) atoms.